The molecule has 86 valence electrons. The zero-order chi connectivity index (χ0) is 12.5. The van der Waals surface area contributed by atoms with Crippen LogP contribution in [0.2, 0.25) is 0 Å². The fourth-order valence-electron chi connectivity index (χ4n) is 1.04. The van der Waals surface area contributed by atoms with Crippen LogP contribution in [0.25, 0.3) is 0 Å². The molecule has 0 saturated carbocycles. The monoisotopic (exact) mass is 314 g/mol. The van der Waals surface area contributed by atoms with Crippen molar-refractivity contribution in [2.45, 2.75) is 6.43 Å². The van der Waals surface area contributed by atoms with Crippen LogP contribution < -0.4 is 0 Å². The Morgan fingerprint density at radius 1 is 1.62 bits per heavy atom. The van der Waals surface area contributed by atoms with Crippen molar-refractivity contribution >= 4 is 38.5 Å². The van der Waals surface area contributed by atoms with E-state index in [4.69, 9.17) is 11.6 Å². The number of halogens is 4. The Hall–Kier alpha value is -1.15. The Morgan fingerprint density at radius 2 is 2.19 bits per heavy atom. The molecule has 1 rings (SSSR count). The van der Waals surface area contributed by atoms with Crippen molar-refractivity contribution in [2.24, 2.45) is 0 Å². The number of rotatable bonds is 3. The zero-order valence-corrected chi connectivity index (χ0v) is 9.63. The Balaban J connectivity index is 3.63. The normalized spacial score (nSPS) is 10.6. The second-order valence-electron chi connectivity index (χ2n) is 2.55. The van der Waals surface area contributed by atoms with Crippen molar-refractivity contribution in [3.63, 3.8) is 0 Å². The summed E-state index contributed by atoms with van der Waals surface area (Å²) < 4.78 is 25.0. The van der Waals surface area contributed by atoms with Crippen molar-refractivity contribution in [1.82, 2.24) is 4.98 Å². The fraction of sp³-hybridized carbons (Fsp3) is 0.143. The SMILES string of the molecule is O=C(Cl)c1ncc(Br)c([N+](=O)[O-])c1C(F)F. The van der Waals surface area contributed by atoms with E-state index in [1.165, 1.54) is 0 Å². The maximum atomic E-state index is 12.6. The largest absolute Gasteiger partial charge is 0.296 e. The minimum absolute atomic E-state index is 0.241. The molecule has 0 N–H and O–H groups in total. The summed E-state index contributed by atoms with van der Waals surface area (Å²) in [7, 11) is 0. The molecular formula is C7H2BrClF2N2O3. The number of alkyl halides is 2. The van der Waals surface area contributed by atoms with Crippen LogP contribution in [0, 0.1) is 10.1 Å². The number of hydrogen-bond acceptors (Lipinski definition) is 4. The molecule has 0 aliphatic carbocycles. The lowest BCUT2D eigenvalue weighted by Crippen LogP contribution is -2.07. The third-order valence-electron chi connectivity index (χ3n) is 1.63. The van der Waals surface area contributed by atoms with Crippen molar-refractivity contribution in [1.29, 1.82) is 0 Å². The molecule has 0 aromatic carbocycles. The summed E-state index contributed by atoms with van der Waals surface area (Å²) in [4.78, 5) is 23.7. The second kappa shape index (κ2) is 4.79. The van der Waals surface area contributed by atoms with E-state index in [9.17, 15) is 23.7 Å². The lowest BCUT2D eigenvalue weighted by molar-refractivity contribution is -0.387. The summed E-state index contributed by atoms with van der Waals surface area (Å²) in [6.07, 6.45) is -2.34. The van der Waals surface area contributed by atoms with Crippen LogP contribution in [0.4, 0.5) is 14.5 Å². The second-order valence-corrected chi connectivity index (χ2v) is 3.75. The van der Waals surface area contributed by atoms with Crippen LogP contribution >= 0.6 is 27.5 Å². The molecule has 0 aliphatic rings. The van der Waals surface area contributed by atoms with Crippen LogP contribution in [-0.2, 0) is 0 Å². The molecule has 1 heterocycles. The minimum Gasteiger partial charge on any atom is -0.274 e. The molecule has 0 spiro atoms. The van der Waals surface area contributed by atoms with E-state index in [0.717, 1.165) is 6.20 Å². The molecule has 0 amide bonds. The Labute approximate surface area is 101 Å². The van der Waals surface area contributed by atoms with Crippen LogP contribution in [0.5, 0.6) is 0 Å². The summed E-state index contributed by atoms with van der Waals surface area (Å²) in [6, 6.07) is 0. The summed E-state index contributed by atoms with van der Waals surface area (Å²) in [5.74, 6) is 0. The predicted molar refractivity (Wildman–Crippen MR) is 53.7 cm³/mol. The summed E-state index contributed by atoms with van der Waals surface area (Å²) in [6.45, 7) is 0. The predicted octanol–water partition coefficient (Wildman–Crippen LogP) is 3.07. The van der Waals surface area contributed by atoms with Crippen LogP contribution in [-0.4, -0.2) is 15.1 Å². The highest BCUT2D eigenvalue weighted by molar-refractivity contribution is 9.10. The van der Waals surface area contributed by atoms with Gasteiger partial charge in [0.25, 0.3) is 17.4 Å². The number of aromatic nitrogens is 1. The molecule has 0 atom stereocenters. The van der Waals surface area contributed by atoms with E-state index in [2.05, 4.69) is 20.9 Å². The quantitative estimate of drug-likeness (QED) is 0.488. The summed E-state index contributed by atoms with van der Waals surface area (Å²) in [5, 5.41) is 9.31. The van der Waals surface area contributed by atoms with Crippen LogP contribution in [0.1, 0.15) is 22.5 Å². The van der Waals surface area contributed by atoms with Gasteiger partial charge in [0, 0.05) is 6.20 Å². The van der Waals surface area contributed by atoms with E-state index < -0.39 is 33.5 Å². The number of hydrogen-bond donors (Lipinski definition) is 0. The van der Waals surface area contributed by atoms with E-state index in [1.807, 2.05) is 0 Å². The molecule has 0 fully saturated rings. The minimum atomic E-state index is -3.22. The molecule has 9 heteroatoms. The smallest absolute Gasteiger partial charge is 0.274 e. The van der Waals surface area contributed by atoms with Gasteiger partial charge >= 0.3 is 0 Å². The van der Waals surface area contributed by atoms with Gasteiger partial charge in [-0.3, -0.25) is 14.9 Å². The van der Waals surface area contributed by atoms with Crippen molar-refractivity contribution in [3.05, 3.63) is 32.0 Å². The van der Waals surface area contributed by atoms with Gasteiger partial charge in [-0.25, -0.2) is 13.8 Å². The Morgan fingerprint density at radius 3 is 2.56 bits per heavy atom. The topological polar surface area (TPSA) is 73.1 Å². The van der Waals surface area contributed by atoms with Gasteiger partial charge in [0.2, 0.25) is 0 Å². The van der Waals surface area contributed by atoms with E-state index in [-0.39, 0.29) is 4.47 Å². The molecule has 1 aromatic rings. The van der Waals surface area contributed by atoms with Gasteiger partial charge in [-0.1, -0.05) is 0 Å². The molecule has 0 bridgehead atoms. The van der Waals surface area contributed by atoms with Gasteiger partial charge in [0.1, 0.15) is 15.7 Å². The summed E-state index contributed by atoms with van der Waals surface area (Å²) in [5.41, 5.74) is -2.81. The lowest BCUT2D eigenvalue weighted by atomic mass is 10.1. The molecule has 0 aliphatic heterocycles. The maximum absolute atomic E-state index is 12.6. The highest BCUT2D eigenvalue weighted by Gasteiger charge is 2.31. The zero-order valence-electron chi connectivity index (χ0n) is 7.29. The lowest BCUT2D eigenvalue weighted by Gasteiger charge is -2.06. The van der Waals surface area contributed by atoms with Gasteiger partial charge < -0.3 is 0 Å². The molecule has 0 unspecified atom stereocenters. The van der Waals surface area contributed by atoms with Gasteiger partial charge in [0.05, 0.1) is 4.92 Å². The first-order valence-electron chi connectivity index (χ1n) is 3.67. The third kappa shape index (κ3) is 2.33. The van der Waals surface area contributed by atoms with E-state index in [1.54, 1.807) is 0 Å². The first-order chi connectivity index (χ1) is 7.36. The van der Waals surface area contributed by atoms with Crippen LogP contribution in [0.3, 0.4) is 0 Å². The third-order valence-corrected chi connectivity index (χ3v) is 2.39. The van der Waals surface area contributed by atoms with Gasteiger partial charge in [-0.2, -0.15) is 0 Å². The average molecular weight is 315 g/mol. The Bertz CT molecular complexity index is 469. The molecular weight excluding hydrogens is 313 g/mol. The Kier molecular flexibility index (Phi) is 3.87. The fourth-order valence-corrected chi connectivity index (χ4v) is 1.65. The molecule has 1 aromatic heterocycles. The number of nitro groups is 1. The van der Waals surface area contributed by atoms with Crippen LogP contribution in [0.15, 0.2) is 10.7 Å². The van der Waals surface area contributed by atoms with Crippen molar-refractivity contribution in [2.75, 3.05) is 0 Å². The summed E-state index contributed by atoms with van der Waals surface area (Å²) >= 11 is 7.72. The first kappa shape index (κ1) is 12.9. The highest BCUT2D eigenvalue weighted by atomic mass is 79.9. The number of pyridine rings is 1. The van der Waals surface area contributed by atoms with Crippen molar-refractivity contribution in [3.8, 4) is 0 Å². The number of carbonyl (C=O) groups is 1. The number of nitrogens with zero attached hydrogens (tertiary/aromatic N) is 2. The molecule has 16 heavy (non-hydrogen) atoms. The number of carbonyl (C=O) groups excluding carboxylic acids is 1. The molecule has 0 radical (unpaired) electrons. The first-order valence-corrected chi connectivity index (χ1v) is 4.84. The molecule has 5 nitrogen and oxygen atoms in total. The maximum Gasteiger partial charge on any atom is 0.296 e. The van der Waals surface area contributed by atoms with Gasteiger partial charge in [-0.05, 0) is 27.5 Å². The van der Waals surface area contributed by atoms with Gasteiger partial charge in [-0.15, -0.1) is 0 Å². The average Bonchev–Trinajstić information content (AvgIpc) is 2.15. The van der Waals surface area contributed by atoms with Crippen molar-refractivity contribution < 1.29 is 18.5 Å². The van der Waals surface area contributed by atoms with Gasteiger partial charge in [0.15, 0.2) is 0 Å². The highest BCUT2D eigenvalue weighted by Crippen LogP contribution is 2.36. The van der Waals surface area contributed by atoms with E-state index in [0.29, 0.717) is 0 Å². The standard InChI is InChI=1S/C7H2BrClF2N2O3/c8-2-1-12-4(6(9)14)3(7(10)11)5(2)13(15)16/h1,7H. The molecule has 0 saturated heterocycles. The van der Waals surface area contributed by atoms with E-state index >= 15 is 0 Å².